The highest BCUT2D eigenvalue weighted by Crippen LogP contribution is 2.18. The summed E-state index contributed by atoms with van der Waals surface area (Å²) < 4.78 is 0. The summed E-state index contributed by atoms with van der Waals surface area (Å²) >= 11 is 1.71. The van der Waals surface area contributed by atoms with E-state index in [4.69, 9.17) is 0 Å². The molecule has 2 N–H and O–H groups in total. The second-order valence-electron chi connectivity index (χ2n) is 5.16. The zero-order valence-electron chi connectivity index (χ0n) is 12.4. The van der Waals surface area contributed by atoms with Gasteiger partial charge in [0.25, 0.3) is 0 Å². The van der Waals surface area contributed by atoms with Gasteiger partial charge in [-0.2, -0.15) is 0 Å². The number of thioether (sulfide) groups is 1. The van der Waals surface area contributed by atoms with Gasteiger partial charge in [-0.15, -0.1) is 11.8 Å². The lowest BCUT2D eigenvalue weighted by molar-refractivity contribution is -0.120. The fourth-order valence-corrected chi connectivity index (χ4v) is 2.87. The lowest BCUT2D eigenvalue weighted by Crippen LogP contribution is -2.24. The summed E-state index contributed by atoms with van der Waals surface area (Å²) in [7, 11) is 0. The van der Waals surface area contributed by atoms with E-state index in [1.165, 1.54) is 4.90 Å². The lowest BCUT2D eigenvalue weighted by atomic mass is 10.1. The van der Waals surface area contributed by atoms with Crippen molar-refractivity contribution in [3.63, 3.8) is 0 Å². The third kappa shape index (κ3) is 3.34. The molecular weight excluding hydrogens is 292 g/mol. The standard InChI is InChI=1S/C18H18N2OS/c1-22-15-8-6-13(7-9-15)11-20-18(21)10-14-12-19-17-5-3-2-4-16(14)17/h2-9,12,19H,10-11H2,1H3,(H,20,21). The Labute approximate surface area is 134 Å². The second kappa shape index (κ2) is 6.71. The first-order valence-corrected chi connectivity index (χ1v) is 8.43. The van der Waals surface area contributed by atoms with Crippen LogP contribution in [0.25, 0.3) is 10.9 Å². The maximum Gasteiger partial charge on any atom is 0.224 e. The van der Waals surface area contributed by atoms with Crippen LogP contribution in [0.3, 0.4) is 0 Å². The molecule has 22 heavy (non-hydrogen) atoms. The van der Waals surface area contributed by atoms with Crippen LogP contribution in [0.4, 0.5) is 0 Å². The Balaban J connectivity index is 1.60. The number of nitrogens with one attached hydrogen (secondary N) is 2. The monoisotopic (exact) mass is 310 g/mol. The molecule has 0 saturated heterocycles. The first kappa shape index (κ1) is 14.7. The zero-order valence-corrected chi connectivity index (χ0v) is 13.2. The molecule has 0 saturated carbocycles. The summed E-state index contributed by atoms with van der Waals surface area (Å²) in [5.74, 6) is 0.0405. The van der Waals surface area contributed by atoms with Crippen LogP contribution < -0.4 is 5.32 Å². The van der Waals surface area contributed by atoms with Crippen molar-refractivity contribution in [2.45, 2.75) is 17.9 Å². The Morgan fingerprint density at radius 3 is 2.68 bits per heavy atom. The quantitative estimate of drug-likeness (QED) is 0.705. The smallest absolute Gasteiger partial charge is 0.224 e. The zero-order chi connectivity index (χ0) is 15.4. The number of aromatic amines is 1. The van der Waals surface area contributed by atoms with E-state index in [2.05, 4.69) is 40.8 Å². The maximum atomic E-state index is 12.1. The van der Waals surface area contributed by atoms with Gasteiger partial charge in [0, 0.05) is 28.5 Å². The SMILES string of the molecule is CSc1ccc(CNC(=O)Cc2c[nH]c3ccccc23)cc1. The maximum absolute atomic E-state index is 12.1. The second-order valence-corrected chi connectivity index (χ2v) is 6.04. The lowest BCUT2D eigenvalue weighted by Gasteiger charge is -2.06. The van der Waals surface area contributed by atoms with Crippen molar-refractivity contribution in [1.82, 2.24) is 10.3 Å². The molecule has 0 radical (unpaired) electrons. The van der Waals surface area contributed by atoms with Crippen molar-refractivity contribution in [2.75, 3.05) is 6.26 Å². The van der Waals surface area contributed by atoms with E-state index in [0.29, 0.717) is 13.0 Å². The highest BCUT2D eigenvalue weighted by Gasteiger charge is 2.08. The Hall–Kier alpha value is -2.20. The minimum atomic E-state index is 0.0405. The van der Waals surface area contributed by atoms with E-state index in [9.17, 15) is 4.79 Å². The summed E-state index contributed by atoms with van der Waals surface area (Å²) in [6.07, 6.45) is 4.36. The van der Waals surface area contributed by atoms with E-state index in [-0.39, 0.29) is 5.91 Å². The van der Waals surface area contributed by atoms with Crippen molar-refractivity contribution >= 4 is 28.6 Å². The van der Waals surface area contributed by atoms with Crippen molar-refractivity contribution in [2.24, 2.45) is 0 Å². The van der Waals surface area contributed by atoms with Crippen LogP contribution in [0.5, 0.6) is 0 Å². The largest absolute Gasteiger partial charge is 0.361 e. The predicted octanol–water partition coefficient (Wildman–Crippen LogP) is 3.75. The third-order valence-electron chi connectivity index (χ3n) is 3.67. The Morgan fingerprint density at radius 2 is 1.91 bits per heavy atom. The van der Waals surface area contributed by atoms with E-state index in [0.717, 1.165) is 22.0 Å². The van der Waals surface area contributed by atoms with Gasteiger partial charge in [0.05, 0.1) is 6.42 Å². The number of rotatable bonds is 5. The summed E-state index contributed by atoms with van der Waals surface area (Å²) in [5.41, 5.74) is 3.22. The number of fused-ring (bicyclic) bond motifs is 1. The van der Waals surface area contributed by atoms with Crippen molar-refractivity contribution in [3.05, 3.63) is 65.9 Å². The van der Waals surface area contributed by atoms with Crippen LogP contribution in [-0.2, 0) is 17.8 Å². The molecule has 1 aromatic heterocycles. The average molecular weight is 310 g/mol. The normalized spacial score (nSPS) is 10.8. The number of amides is 1. The molecule has 3 nitrogen and oxygen atoms in total. The number of aromatic nitrogens is 1. The number of carbonyl (C=O) groups excluding carboxylic acids is 1. The third-order valence-corrected chi connectivity index (χ3v) is 4.42. The minimum Gasteiger partial charge on any atom is -0.361 e. The van der Waals surface area contributed by atoms with Crippen LogP contribution in [-0.4, -0.2) is 17.1 Å². The van der Waals surface area contributed by atoms with E-state index in [1.54, 1.807) is 11.8 Å². The Kier molecular flexibility index (Phi) is 4.49. The van der Waals surface area contributed by atoms with E-state index < -0.39 is 0 Å². The van der Waals surface area contributed by atoms with Crippen molar-refractivity contribution in [1.29, 1.82) is 0 Å². The fraction of sp³-hybridized carbons (Fsp3) is 0.167. The van der Waals surface area contributed by atoms with Gasteiger partial charge in [0.1, 0.15) is 0 Å². The molecule has 4 heteroatoms. The van der Waals surface area contributed by atoms with Gasteiger partial charge in [-0.3, -0.25) is 4.79 Å². The molecule has 112 valence electrons. The van der Waals surface area contributed by atoms with Gasteiger partial charge in [-0.25, -0.2) is 0 Å². The molecule has 0 fully saturated rings. The number of carbonyl (C=O) groups is 1. The summed E-state index contributed by atoms with van der Waals surface area (Å²) in [4.78, 5) is 16.5. The first-order valence-electron chi connectivity index (χ1n) is 7.21. The molecule has 0 unspecified atom stereocenters. The highest BCUT2D eigenvalue weighted by atomic mass is 32.2. The van der Waals surface area contributed by atoms with Crippen LogP contribution in [0.2, 0.25) is 0 Å². The van der Waals surface area contributed by atoms with E-state index in [1.807, 2.05) is 30.5 Å². The number of hydrogen-bond acceptors (Lipinski definition) is 2. The van der Waals surface area contributed by atoms with E-state index >= 15 is 0 Å². The van der Waals surface area contributed by atoms with Crippen LogP contribution >= 0.6 is 11.8 Å². The average Bonchev–Trinajstić information content (AvgIpc) is 2.97. The predicted molar refractivity (Wildman–Crippen MR) is 92.1 cm³/mol. The molecular formula is C18H18N2OS. The molecule has 3 aromatic rings. The number of para-hydroxylation sites is 1. The molecule has 0 aliphatic rings. The van der Waals surface area contributed by atoms with Crippen LogP contribution in [0.15, 0.2) is 59.6 Å². The Morgan fingerprint density at radius 1 is 1.14 bits per heavy atom. The molecule has 1 amide bonds. The number of H-pyrrole nitrogens is 1. The number of hydrogen-bond donors (Lipinski definition) is 2. The highest BCUT2D eigenvalue weighted by molar-refractivity contribution is 7.98. The molecule has 0 bridgehead atoms. The van der Waals surface area contributed by atoms with Crippen LogP contribution in [0.1, 0.15) is 11.1 Å². The summed E-state index contributed by atoms with van der Waals surface area (Å²) in [6.45, 7) is 0.565. The van der Waals surface area contributed by atoms with Crippen molar-refractivity contribution in [3.8, 4) is 0 Å². The van der Waals surface area contributed by atoms with Gasteiger partial charge in [-0.05, 0) is 35.6 Å². The van der Waals surface area contributed by atoms with Gasteiger partial charge < -0.3 is 10.3 Å². The van der Waals surface area contributed by atoms with Gasteiger partial charge in [0.15, 0.2) is 0 Å². The van der Waals surface area contributed by atoms with Gasteiger partial charge in [0.2, 0.25) is 5.91 Å². The summed E-state index contributed by atoms with van der Waals surface area (Å²) in [6, 6.07) is 16.3. The molecule has 0 atom stereocenters. The molecule has 3 rings (SSSR count). The molecule has 1 heterocycles. The van der Waals surface area contributed by atoms with Gasteiger partial charge in [-0.1, -0.05) is 30.3 Å². The minimum absolute atomic E-state index is 0.0405. The molecule has 0 aliphatic carbocycles. The molecule has 0 spiro atoms. The number of benzene rings is 2. The molecule has 0 aliphatic heterocycles. The Bertz CT molecular complexity index is 777. The van der Waals surface area contributed by atoms with Gasteiger partial charge >= 0.3 is 0 Å². The molecule has 2 aromatic carbocycles. The first-order chi connectivity index (χ1) is 10.8. The van der Waals surface area contributed by atoms with Crippen LogP contribution in [0, 0.1) is 0 Å². The summed E-state index contributed by atoms with van der Waals surface area (Å²) in [5, 5.41) is 4.09. The fourth-order valence-electron chi connectivity index (χ4n) is 2.46. The van der Waals surface area contributed by atoms with Crippen molar-refractivity contribution < 1.29 is 4.79 Å². The topological polar surface area (TPSA) is 44.9 Å².